The topological polar surface area (TPSA) is 53.2 Å². The zero-order valence-corrected chi connectivity index (χ0v) is 14.7. The van der Waals surface area contributed by atoms with Crippen molar-refractivity contribution in [2.45, 2.75) is 64.1 Å². The molecule has 0 saturated carbocycles. The second-order valence-corrected chi connectivity index (χ2v) is 6.63. The number of carbonyl (C=O) groups is 1. The number of nitrogens with one attached hydrogen (secondary N) is 3. The molecule has 0 bridgehead atoms. The summed E-state index contributed by atoms with van der Waals surface area (Å²) in [6.07, 6.45) is 4.01. The van der Waals surface area contributed by atoms with Crippen LogP contribution in [-0.2, 0) is 4.79 Å². The van der Waals surface area contributed by atoms with E-state index in [-0.39, 0.29) is 23.5 Å². The highest BCUT2D eigenvalue weighted by atomic mass is 16.2. The fraction of sp³-hybridized carbons (Fsp3) is 0.632. The number of hydrogen-bond donors (Lipinski definition) is 3. The van der Waals surface area contributed by atoms with Crippen molar-refractivity contribution in [1.29, 1.82) is 0 Å². The molecule has 1 unspecified atom stereocenters. The first-order chi connectivity index (χ1) is 11.1. The summed E-state index contributed by atoms with van der Waals surface area (Å²) >= 11 is 0. The largest absolute Gasteiger partial charge is 0.353 e. The molecule has 0 aromatic heterocycles. The maximum Gasteiger partial charge on any atom is 0.237 e. The van der Waals surface area contributed by atoms with Crippen molar-refractivity contribution in [3.63, 3.8) is 0 Å². The van der Waals surface area contributed by atoms with Crippen LogP contribution < -0.4 is 16.0 Å². The molecule has 2 atom stereocenters. The standard InChI is InChI=1S/C19H31N3O/c1-4-19(5-2,14-21-18(23)17-12-9-13-20-17)22-15(3)16-10-7-6-8-11-16/h6-8,10-11,15,17,20,22H,4-5,9,12-14H2,1-3H3,(H,21,23)/t15?,17-/m0/s1. The first-order valence-electron chi connectivity index (χ1n) is 8.94. The lowest BCUT2D eigenvalue weighted by molar-refractivity contribution is -0.123. The third kappa shape index (κ3) is 4.79. The lowest BCUT2D eigenvalue weighted by Crippen LogP contribution is -2.55. The summed E-state index contributed by atoms with van der Waals surface area (Å²) in [5, 5.41) is 10.2. The Kier molecular flexibility index (Phi) is 6.60. The summed E-state index contributed by atoms with van der Waals surface area (Å²) in [7, 11) is 0. The van der Waals surface area contributed by atoms with Crippen LogP contribution in [0.25, 0.3) is 0 Å². The van der Waals surface area contributed by atoms with Crippen molar-refractivity contribution in [2.75, 3.05) is 13.1 Å². The molecule has 1 aliphatic rings. The normalized spacial score (nSPS) is 19.5. The average molecular weight is 317 g/mol. The van der Waals surface area contributed by atoms with Gasteiger partial charge in [-0.25, -0.2) is 0 Å². The fourth-order valence-electron chi connectivity index (χ4n) is 3.33. The van der Waals surface area contributed by atoms with Gasteiger partial charge in [0.2, 0.25) is 5.91 Å². The van der Waals surface area contributed by atoms with Crippen molar-refractivity contribution in [3.05, 3.63) is 35.9 Å². The molecule has 0 spiro atoms. The quantitative estimate of drug-likeness (QED) is 0.691. The Morgan fingerprint density at radius 1 is 1.30 bits per heavy atom. The van der Waals surface area contributed by atoms with Gasteiger partial charge in [0.05, 0.1) is 6.04 Å². The molecule has 1 aromatic rings. The zero-order chi connectivity index (χ0) is 16.7. The van der Waals surface area contributed by atoms with Crippen molar-refractivity contribution in [3.8, 4) is 0 Å². The molecule has 1 fully saturated rings. The van der Waals surface area contributed by atoms with Crippen molar-refractivity contribution in [2.24, 2.45) is 0 Å². The van der Waals surface area contributed by atoms with E-state index in [9.17, 15) is 4.79 Å². The number of amides is 1. The first-order valence-corrected chi connectivity index (χ1v) is 8.94. The molecule has 3 N–H and O–H groups in total. The van der Waals surface area contributed by atoms with Crippen LogP contribution in [0.4, 0.5) is 0 Å². The van der Waals surface area contributed by atoms with Crippen LogP contribution in [0, 0.1) is 0 Å². The van der Waals surface area contributed by atoms with Crippen molar-refractivity contribution >= 4 is 5.91 Å². The fourth-order valence-corrected chi connectivity index (χ4v) is 3.33. The minimum absolute atomic E-state index is 0.00652. The van der Waals surface area contributed by atoms with E-state index in [1.54, 1.807) is 0 Å². The Bertz CT molecular complexity index is 479. The summed E-state index contributed by atoms with van der Waals surface area (Å²) in [5.41, 5.74) is 1.21. The molecule has 2 rings (SSSR count). The van der Waals surface area contributed by atoms with Crippen LogP contribution in [0.1, 0.15) is 58.1 Å². The zero-order valence-electron chi connectivity index (χ0n) is 14.7. The summed E-state index contributed by atoms with van der Waals surface area (Å²) in [5.74, 6) is 0.142. The maximum atomic E-state index is 12.3. The monoisotopic (exact) mass is 317 g/mol. The van der Waals surface area contributed by atoms with E-state index in [4.69, 9.17) is 0 Å². The van der Waals surface area contributed by atoms with E-state index in [0.29, 0.717) is 6.54 Å². The van der Waals surface area contributed by atoms with E-state index in [0.717, 1.165) is 32.2 Å². The number of hydrogen-bond acceptors (Lipinski definition) is 3. The van der Waals surface area contributed by atoms with Crippen LogP contribution in [-0.4, -0.2) is 30.6 Å². The molecule has 1 aliphatic heterocycles. The van der Waals surface area contributed by atoms with Crippen LogP contribution in [0.5, 0.6) is 0 Å². The van der Waals surface area contributed by atoms with Gasteiger partial charge in [0.1, 0.15) is 0 Å². The highest BCUT2D eigenvalue weighted by Gasteiger charge is 2.30. The smallest absolute Gasteiger partial charge is 0.237 e. The van der Waals surface area contributed by atoms with E-state index in [1.165, 1.54) is 5.56 Å². The Balaban J connectivity index is 1.96. The molecular formula is C19H31N3O. The van der Waals surface area contributed by atoms with Crippen molar-refractivity contribution in [1.82, 2.24) is 16.0 Å². The summed E-state index contributed by atoms with van der Waals surface area (Å²) in [6.45, 7) is 8.19. The second-order valence-electron chi connectivity index (χ2n) is 6.63. The van der Waals surface area contributed by atoms with E-state index in [2.05, 4.69) is 61.0 Å². The molecule has 0 radical (unpaired) electrons. The SMILES string of the molecule is CCC(CC)(CNC(=O)[C@@H]1CCCN1)NC(C)c1ccccc1. The Morgan fingerprint density at radius 2 is 2.00 bits per heavy atom. The lowest BCUT2D eigenvalue weighted by Gasteiger charge is -2.36. The third-order valence-corrected chi connectivity index (χ3v) is 5.15. The Morgan fingerprint density at radius 3 is 2.57 bits per heavy atom. The minimum atomic E-state index is -0.0660. The highest BCUT2D eigenvalue weighted by molar-refractivity contribution is 5.82. The van der Waals surface area contributed by atoms with Gasteiger partial charge in [0, 0.05) is 18.1 Å². The molecule has 128 valence electrons. The maximum absolute atomic E-state index is 12.3. The Labute approximate surface area is 140 Å². The molecular weight excluding hydrogens is 286 g/mol. The summed E-state index contributed by atoms with van der Waals surface area (Å²) < 4.78 is 0. The van der Waals surface area contributed by atoms with E-state index in [1.807, 2.05) is 6.07 Å². The predicted molar refractivity (Wildman–Crippen MR) is 95.3 cm³/mol. The first kappa shape index (κ1) is 18.0. The van der Waals surface area contributed by atoms with E-state index < -0.39 is 0 Å². The van der Waals surface area contributed by atoms with Gasteiger partial charge in [0.25, 0.3) is 0 Å². The van der Waals surface area contributed by atoms with Crippen LogP contribution >= 0.6 is 0 Å². The third-order valence-electron chi connectivity index (χ3n) is 5.15. The minimum Gasteiger partial charge on any atom is -0.353 e. The summed E-state index contributed by atoms with van der Waals surface area (Å²) in [4.78, 5) is 12.3. The number of carbonyl (C=O) groups excluding carboxylic acids is 1. The number of benzene rings is 1. The lowest BCUT2D eigenvalue weighted by atomic mass is 9.90. The van der Waals surface area contributed by atoms with Gasteiger partial charge in [-0.2, -0.15) is 0 Å². The van der Waals surface area contributed by atoms with Gasteiger partial charge in [-0.15, -0.1) is 0 Å². The molecule has 1 saturated heterocycles. The van der Waals surface area contributed by atoms with Gasteiger partial charge >= 0.3 is 0 Å². The molecule has 1 amide bonds. The molecule has 4 heteroatoms. The highest BCUT2D eigenvalue weighted by Crippen LogP contribution is 2.21. The van der Waals surface area contributed by atoms with Gasteiger partial charge < -0.3 is 16.0 Å². The van der Waals surface area contributed by atoms with Gasteiger partial charge in [-0.1, -0.05) is 44.2 Å². The molecule has 1 heterocycles. The molecule has 1 aromatic carbocycles. The second kappa shape index (κ2) is 8.46. The van der Waals surface area contributed by atoms with E-state index >= 15 is 0 Å². The van der Waals surface area contributed by atoms with Crippen LogP contribution in [0.3, 0.4) is 0 Å². The summed E-state index contributed by atoms with van der Waals surface area (Å²) in [6, 6.07) is 10.7. The van der Waals surface area contributed by atoms with Crippen LogP contribution in [0.15, 0.2) is 30.3 Å². The molecule has 23 heavy (non-hydrogen) atoms. The Hall–Kier alpha value is -1.39. The van der Waals surface area contributed by atoms with Gasteiger partial charge in [-0.3, -0.25) is 4.79 Å². The molecule has 0 aliphatic carbocycles. The van der Waals surface area contributed by atoms with Gasteiger partial charge in [-0.05, 0) is 44.7 Å². The van der Waals surface area contributed by atoms with Gasteiger partial charge in [0.15, 0.2) is 0 Å². The predicted octanol–water partition coefficient (Wildman–Crippen LogP) is 2.76. The van der Waals surface area contributed by atoms with Crippen LogP contribution in [0.2, 0.25) is 0 Å². The van der Waals surface area contributed by atoms with Crippen molar-refractivity contribution < 1.29 is 4.79 Å². The number of rotatable bonds is 8. The average Bonchev–Trinajstić information content (AvgIpc) is 3.14. The molecule has 4 nitrogen and oxygen atoms in total.